The van der Waals surface area contributed by atoms with Crippen LogP contribution in [0.5, 0.6) is 5.75 Å². The average Bonchev–Trinajstić information content (AvgIpc) is 3.02. The van der Waals surface area contributed by atoms with E-state index in [9.17, 15) is 9.59 Å². The summed E-state index contributed by atoms with van der Waals surface area (Å²) in [6.07, 6.45) is 0.107. The molecule has 0 amide bonds. The van der Waals surface area contributed by atoms with Crippen molar-refractivity contribution in [1.29, 1.82) is 0 Å². The van der Waals surface area contributed by atoms with Crippen molar-refractivity contribution in [1.82, 2.24) is 5.32 Å². The lowest BCUT2D eigenvalue weighted by Crippen LogP contribution is -2.54. The first-order valence-corrected chi connectivity index (χ1v) is 8.66. The third kappa shape index (κ3) is 4.14. The summed E-state index contributed by atoms with van der Waals surface area (Å²) in [7, 11) is 0. The molecule has 1 atom stereocenters. The number of rotatable bonds is 3. The summed E-state index contributed by atoms with van der Waals surface area (Å²) >= 11 is 0. The molecule has 6 nitrogen and oxygen atoms in total. The SMILES string of the molecule is CC(C)(C)OC(=O)OC(=O)[C@@]1(Oc2ccc3ccccc3c2)CCCN1. The third-order valence-corrected chi connectivity index (χ3v) is 4.02. The van der Waals surface area contributed by atoms with Gasteiger partial charge in [-0.1, -0.05) is 30.3 Å². The van der Waals surface area contributed by atoms with Crippen molar-refractivity contribution >= 4 is 22.9 Å². The largest absolute Gasteiger partial charge is 0.516 e. The Bertz CT molecular complexity index is 818. The average molecular weight is 357 g/mol. The van der Waals surface area contributed by atoms with E-state index in [0.717, 1.165) is 17.2 Å². The zero-order valence-electron chi connectivity index (χ0n) is 15.2. The predicted octanol–water partition coefficient (Wildman–Crippen LogP) is 3.78. The van der Waals surface area contributed by atoms with E-state index in [4.69, 9.17) is 14.2 Å². The molecule has 0 unspecified atom stereocenters. The molecule has 2 aromatic rings. The molecule has 2 aromatic carbocycles. The van der Waals surface area contributed by atoms with Gasteiger partial charge in [0.15, 0.2) is 0 Å². The molecule has 138 valence electrons. The molecular weight excluding hydrogens is 334 g/mol. The van der Waals surface area contributed by atoms with Gasteiger partial charge in [-0.2, -0.15) is 0 Å². The second kappa shape index (κ2) is 6.96. The van der Waals surface area contributed by atoms with Gasteiger partial charge in [0.05, 0.1) is 0 Å². The van der Waals surface area contributed by atoms with Crippen LogP contribution in [0.3, 0.4) is 0 Å². The van der Waals surface area contributed by atoms with E-state index in [1.54, 1.807) is 26.8 Å². The number of nitrogens with one attached hydrogen (secondary N) is 1. The number of fused-ring (bicyclic) bond motifs is 1. The Hall–Kier alpha value is -2.60. The van der Waals surface area contributed by atoms with E-state index >= 15 is 0 Å². The monoisotopic (exact) mass is 357 g/mol. The Morgan fingerprint density at radius 3 is 2.46 bits per heavy atom. The maximum Gasteiger partial charge on any atom is 0.516 e. The second-order valence-corrected chi connectivity index (χ2v) is 7.32. The predicted molar refractivity (Wildman–Crippen MR) is 96.9 cm³/mol. The number of benzene rings is 2. The minimum absolute atomic E-state index is 0.404. The molecule has 1 fully saturated rings. The fourth-order valence-electron chi connectivity index (χ4n) is 2.88. The van der Waals surface area contributed by atoms with Crippen molar-refractivity contribution in [2.24, 2.45) is 0 Å². The summed E-state index contributed by atoms with van der Waals surface area (Å²) in [6.45, 7) is 5.70. The molecule has 0 bridgehead atoms. The Morgan fingerprint density at radius 2 is 1.81 bits per heavy atom. The van der Waals surface area contributed by atoms with Crippen LogP contribution in [0.15, 0.2) is 42.5 Å². The molecule has 0 saturated carbocycles. The molecule has 0 radical (unpaired) electrons. The minimum atomic E-state index is -1.39. The van der Waals surface area contributed by atoms with Crippen molar-refractivity contribution < 1.29 is 23.8 Å². The van der Waals surface area contributed by atoms with Crippen LogP contribution in [0.25, 0.3) is 10.8 Å². The number of hydrogen-bond donors (Lipinski definition) is 1. The normalized spacial score (nSPS) is 20.0. The molecule has 0 aliphatic carbocycles. The van der Waals surface area contributed by atoms with Crippen LogP contribution < -0.4 is 10.1 Å². The zero-order valence-corrected chi connectivity index (χ0v) is 15.2. The second-order valence-electron chi connectivity index (χ2n) is 7.32. The zero-order chi connectivity index (χ0) is 18.8. The van der Waals surface area contributed by atoms with Crippen LogP contribution in [0.2, 0.25) is 0 Å². The summed E-state index contributed by atoms with van der Waals surface area (Å²) in [5.74, 6) is -0.267. The van der Waals surface area contributed by atoms with E-state index < -0.39 is 23.5 Å². The third-order valence-electron chi connectivity index (χ3n) is 4.02. The van der Waals surface area contributed by atoms with Crippen LogP contribution >= 0.6 is 0 Å². The Labute approximate surface area is 152 Å². The van der Waals surface area contributed by atoms with Crippen LogP contribution in [0.1, 0.15) is 33.6 Å². The smallest absolute Gasteiger partial charge is 0.461 e. The van der Waals surface area contributed by atoms with Gasteiger partial charge in [-0.05, 0) is 56.6 Å². The first kappa shape index (κ1) is 18.2. The molecule has 1 saturated heterocycles. The van der Waals surface area contributed by atoms with Crippen molar-refractivity contribution in [2.45, 2.75) is 44.9 Å². The standard InChI is InChI=1S/C20H23NO5/c1-19(2,3)26-18(23)24-17(22)20(11-6-12-21-20)25-16-10-9-14-7-4-5-8-15(14)13-16/h4-5,7-10,13,21H,6,11-12H2,1-3H3/t20-/m0/s1. The Morgan fingerprint density at radius 1 is 1.08 bits per heavy atom. The van der Waals surface area contributed by atoms with Gasteiger partial charge >= 0.3 is 12.1 Å². The van der Waals surface area contributed by atoms with E-state index in [2.05, 4.69) is 5.32 Å². The molecule has 1 aliphatic heterocycles. The lowest BCUT2D eigenvalue weighted by molar-refractivity contribution is -0.161. The van der Waals surface area contributed by atoms with Gasteiger partial charge in [0.1, 0.15) is 11.4 Å². The van der Waals surface area contributed by atoms with Crippen LogP contribution in [-0.2, 0) is 14.3 Å². The maximum absolute atomic E-state index is 12.6. The van der Waals surface area contributed by atoms with Crippen molar-refractivity contribution in [3.8, 4) is 5.75 Å². The Kier molecular flexibility index (Phi) is 4.87. The topological polar surface area (TPSA) is 73.9 Å². The summed E-state index contributed by atoms with van der Waals surface area (Å²) in [4.78, 5) is 24.5. The van der Waals surface area contributed by atoms with E-state index in [0.29, 0.717) is 18.7 Å². The summed E-state index contributed by atoms with van der Waals surface area (Å²) in [6, 6.07) is 13.4. The first-order chi connectivity index (χ1) is 12.3. The Balaban J connectivity index is 1.78. The van der Waals surface area contributed by atoms with E-state index in [-0.39, 0.29) is 0 Å². The highest BCUT2D eigenvalue weighted by Gasteiger charge is 2.47. The fraction of sp³-hybridized carbons (Fsp3) is 0.400. The van der Waals surface area contributed by atoms with Crippen molar-refractivity contribution in [3.63, 3.8) is 0 Å². The van der Waals surface area contributed by atoms with Gasteiger partial charge in [-0.15, -0.1) is 0 Å². The van der Waals surface area contributed by atoms with Crippen LogP contribution in [0, 0.1) is 0 Å². The molecule has 26 heavy (non-hydrogen) atoms. The van der Waals surface area contributed by atoms with Gasteiger partial charge in [0.25, 0.3) is 5.72 Å². The summed E-state index contributed by atoms with van der Waals surface area (Å²) < 4.78 is 15.9. The highest BCUT2D eigenvalue weighted by Crippen LogP contribution is 2.29. The minimum Gasteiger partial charge on any atom is -0.461 e. The van der Waals surface area contributed by atoms with Gasteiger partial charge < -0.3 is 14.2 Å². The maximum atomic E-state index is 12.6. The van der Waals surface area contributed by atoms with Crippen molar-refractivity contribution in [3.05, 3.63) is 42.5 Å². The number of hydrogen-bond acceptors (Lipinski definition) is 6. The fourth-order valence-corrected chi connectivity index (χ4v) is 2.88. The first-order valence-electron chi connectivity index (χ1n) is 8.66. The molecule has 0 spiro atoms. The van der Waals surface area contributed by atoms with Crippen molar-refractivity contribution in [2.75, 3.05) is 6.54 Å². The molecular formula is C20H23NO5. The molecule has 1 aliphatic rings. The van der Waals surface area contributed by atoms with Crippen LogP contribution in [-0.4, -0.2) is 30.0 Å². The summed E-state index contributed by atoms with van der Waals surface area (Å²) in [5, 5.41) is 5.10. The van der Waals surface area contributed by atoms with E-state index in [1.807, 2.05) is 36.4 Å². The molecule has 1 N–H and O–H groups in total. The van der Waals surface area contributed by atoms with Gasteiger partial charge in [0, 0.05) is 6.42 Å². The highest BCUT2D eigenvalue weighted by molar-refractivity contribution is 5.89. The molecule has 1 heterocycles. The molecule has 3 rings (SSSR count). The summed E-state index contributed by atoms with van der Waals surface area (Å²) in [5.41, 5.74) is -2.13. The van der Waals surface area contributed by atoms with E-state index in [1.165, 1.54) is 0 Å². The molecule has 6 heteroatoms. The number of esters is 1. The number of ether oxygens (including phenoxy) is 3. The highest BCUT2D eigenvalue weighted by atomic mass is 16.8. The number of carbonyl (C=O) groups excluding carboxylic acids is 2. The van der Waals surface area contributed by atoms with Gasteiger partial charge in [-0.25, -0.2) is 9.59 Å². The van der Waals surface area contributed by atoms with Crippen LogP contribution in [0.4, 0.5) is 4.79 Å². The lowest BCUT2D eigenvalue weighted by atomic mass is 10.1. The van der Waals surface area contributed by atoms with Gasteiger partial charge in [-0.3, -0.25) is 5.32 Å². The quantitative estimate of drug-likeness (QED) is 0.666. The molecule has 0 aromatic heterocycles. The number of carbonyl (C=O) groups is 2. The lowest BCUT2D eigenvalue weighted by Gasteiger charge is -2.28. The van der Waals surface area contributed by atoms with Gasteiger partial charge in [0.2, 0.25) is 0 Å².